The molecule has 2 aromatic carbocycles. The van der Waals surface area contributed by atoms with Gasteiger partial charge in [-0.25, -0.2) is 0 Å². The summed E-state index contributed by atoms with van der Waals surface area (Å²) in [6, 6.07) is 23.0. The first-order valence-electron chi connectivity index (χ1n) is 8.16. The van der Waals surface area contributed by atoms with Gasteiger partial charge in [0.15, 0.2) is 0 Å². The van der Waals surface area contributed by atoms with Crippen molar-refractivity contribution in [2.45, 2.75) is 19.3 Å². The van der Waals surface area contributed by atoms with Gasteiger partial charge < -0.3 is 5.32 Å². The van der Waals surface area contributed by atoms with Gasteiger partial charge in [-0.1, -0.05) is 54.1 Å². The Balaban J connectivity index is 1.84. The van der Waals surface area contributed by atoms with Crippen LogP contribution in [0.5, 0.6) is 0 Å². The van der Waals surface area contributed by atoms with Crippen molar-refractivity contribution in [3.63, 3.8) is 0 Å². The number of carbonyl (C=O) groups is 1. The number of nitrogens with one attached hydrogen (secondary N) is 1. The number of anilines is 1. The highest BCUT2D eigenvalue weighted by molar-refractivity contribution is 6.30. The molecule has 1 N–H and O–H groups in total. The maximum Gasteiger partial charge on any atom is 0.225 e. The number of nitrogens with zero attached hydrogens (tertiary/aromatic N) is 1. The molecule has 1 unspecified atom stereocenters. The molecule has 126 valence electrons. The van der Waals surface area contributed by atoms with Crippen LogP contribution >= 0.6 is 11.6 Å². The fraction of sp³-hybridized carbons (Fsp3) is 0.143. The second-order valence-electron chi connectivity index (χ2n) is 5.93. The van der Waals surface area contributed by atoms with Crippen molar-refractivity contribution in [2.75, 3.05) is 5.32 Å². The summed E-state index contributed by atoms with van der Waals surface area (Å²) >= 11 is 5.98. The summed E-state index contributed by atoms with van der Waals surface area (Å²) in [6.07, 6.45) is 0.312. The summed E-state index contributed by atoms with van der Waals surface area (Å²) in [5, 5.41) is 3.51. The molecule has 0 spiro atoms. The Hall–Kier alpha value is -2.65. The maximum absolute atomic E-state index is 12.6. The van der Waals surface area contributed by atoms with Crippen molar-refractivity contribution in [2.24, 2.45) is 0 Å². The highest BCUT2D eigenvalue weighted by atomic mass is 35.5. The number of carbonyl (C=O) groups excluding carboxylic acids is 1. The van der Waals surface area contributed by atoms with Gasteiger partial charge in [-0.15, -0.1) is 0 Å². The van der Waals surface area contributed by atoms with Gasteiger partial charge in [0.2, 0.25) is 5.91 Å². The van der Waals surface area contributed by atoms with Crippen LogP contribution in [0.2, 0.25) is 5.02 Å². The van der Waals surface area contributed by atoms with E-state index in [1.54, 1.807) is 12.1 Å². The second-order valence-corrected chi connectivity index (χ2v) is 6.37. The average molecular weight is 351 g/mol. The van der Waals surface area contributed by atoms with E-state index in [0.717, 1.165) is 17.0 Å². The molecule has 1 amide bonds. The molecule has 0 saturated carbocycles. The largest absolute Gasteiger partial charge is 0.326 e. The zero-order valence-electron chi connectivity index (χ0n) is 13.9. The maximum atomic E-state index is 12.6. The van der Waals surface area contributed by atoms with Gasteiger partial charge in [0.05, 0.1) is 0 Å². The highest BCUT2D eigenvalue weighted by Crippen LogP contribution is 2.27. The molecule has 1 aromatic heterocycles. The van der Waals surface area contributed by atoms with E-state index >= 15 is 0 Å². The lowest BCUT2D eigenvalue weighted by Gasteiger charge is -2.17. The minimum atomic E-state index is -0.0970. The molecule has 1 heterocycles. The van der Waals surface area contributed by atoms with Crippen LogP contribution < -0.4 is 5.32 Å². The highest BCUT2D eigenvalue weighted by Gasteiger charge is 2.19. The molecule has 25 heavy (non-hydrogen) atoms. The van der Waals surface area contributed by atoms with Gasteiger partial charge in [0, 0.05) is 34.4 Å². The molecule has 3 rings (SSSR count). The Labute approximate surface area is 152 Å². The molecule has 1 atom stereocenters. The molecule has 3 aromatic rings. The number of halogens is 1. The summed E-state index contributed by atoms with van der Waals surface area (Å²) in [7, 11) is 0. The Morgan fingerprint density at radius 1 is 1.04 bits per heavy atom. The van der Waals surface area contributed by atoms with E-state index in [1.165, 1.54) is 0 Å². The molecule has 0 fully saturated rings. The minimum Gasteiger partial charge on any atom is -0.326 e. The van der Waals surface area contributed by atoms with E-state index in [4.69, 9.17) is 11.6 Å². The van der Waals surface area contributed by atoms with Crippen LogP contribution in [0.3, 0.4) is 0 Å². The number of amides is 1. The molecule has 0 bridgehead atoms. The predicted molar refractivity (Wildman–Crippen MR) is 102 cm³/mol. The van der Waals surface area contributed by atoms with E-state index in [-0.39, 0.29) is 11.8 Å². The number of benzene rings is 2. The lowest BCUT2D eigenvalue weighted by atomic mass is 9.91. The van der Waals surface area contributed by atoms with Gasteiger partial charge in [0.1, 0.15) is 0 Å². The summed E-state index contributed by atoms with van der Waals surface area (Å²) in [4.78, 5) is 17.2. The van der Waals surface area contributed by atoms with Crippen molar-refractivity contribution < 1.29 is 4.79 Å². The number of hydrogen-bond donors (Lipinski definition) is 1. The molecule has 0 saturated heterocycles. The van der Waals surface area contributed by atoms with E-state index in [1.807, 2.05) is 67.6 Å². The normalized spacial score (nSPS) is 11.8. The molecular weight excluding hydrogens is 332 g/mol. The first-order valence-corrected chi connectivity index (χ1v) is 8.53. The number of aryl methyl sites for hydroxylation is 1. The number of aromatic nitrogens is 1. The smallest absolute Gasteiger partial charge is 0.225 e. The van der Waals surface area contributed by atoms with Gasteiger partial charge >= 0.3 is 0 Å². The lowest BCUT2D eigenvalue weighted by Crippen LogP contribution is -2.17. The molecule has 3 nitrogen and oxygen atoms in total. The Bertz CT molecular complexity index is 865. The van der Waals surface area contributed by atoms with Crippen LogP contribution in [0, 0.1) is 6.92 Å². The van der Waals surface area contributed by atoms with Gasteiger partial charge in [-0.2, -0.15) is 0 Å². The van der Waals surface area contributed by atoms with Gasteiger partial charge in [0.25, 0.3) is 0 Å². The number of pyridine rings is 1. The molecule has 4 heteroatoms. The molecular formula is C21H19ClN2O. The Morgan fingerprint density at radius 3 is 2.52 bits per heavy atom. The molecule has 0 aliphatic carbocycles. The van der Waals surface area contributed by atoms with E-state index in [0.29, 0.717) is 17.1 Å². The third kappa shape index (κ3) is 4.68. The van der Waals surface area contributed by atoms with E-state index in [9.17, 15) is 4.79 Å². The summed E-state index contributed by atoms with van der Waals surface area (Å²) in [5.74, 6) is -0.167. The van der Waals surface area contributed by atoms with E-state index in [2.05, 4.69) is 10.3 Å². The summed E-state index contributed by atoms with van der Waals surface area (Å²) in [5.41, 5.74) is 3.60. The van der Waals surface area contributed by atoms with Crippen molar-refractivity contribution in [3.8, 4) is 0 Å². The van der Waals surface area contributed by atoms with Crippen LogP contribution in [-0.4, -0.2) is 10.9 Å². The Kier molecular flexibility index (Phi) is 5.46. The molecule has 0 aliphatic heterocycles. The topological polar surface area (TPSA) is 42.0 Å². The van der Waals surface area contributed by atoms with Crippen LogP contribution in [0.4, 0.5) is 5.69 Å². The summed E-state index contributed by atoms with van der Waals surface area (Å²) in [6.45, 7) is 1.96. The zero-order valence-corrected chi connectivity index (χ0v) is 14.7. The standard InChI is InChI=1S/C21H19ClN2O/c1-15-7-5-12-20(23-15)19(16-8-3-2-4-9-16)14-21(25)24-18-11-6-10-17(22)13-18/h2-13,19H,14H2,1H3,(H,24,25). The first-order chi connectivity index (χ1) is 12.1. The minimum absolute atomic E-state index is 0.0700. The van der Waals surface area contributed by atoms with Gasteiger partial charge in [-0.3, -0.25) is 9.78 Å². The predicted octanol–water partition coefficient (Wildman–Crippen LogP) is 5.20. The third-order valence-corrected chi connectivity index (χ3v) is 4.20. The van der Waals surface area contributed by atoms with Crippen LogP contribution in [0.15, 0.2) is 72.8 Å². The van der Waals surface area contributed by atoms with Crippen molar-refractivity contribution >= 4 is 23.2 Å². The average Bonchev–Trinajstić information content (AvgIpc) is 2.60. The molecule has 0 aliphatic rings. The fourth-order valence-electron chi connectivity index (χ4n) is 2.80. The SMILES string of the molecule is Cc1cccc(C(CC(=O)Nc2cccc(Cl)c2)c2ccccc2)n1. The van der Waals surface area contributed by atoms with Crippen molar-refractivity contribution in [3.05, 3.63) is 94.8 Å². The van der Waals surface area contributed by atoms with Crippen LogP contribution in [0.1, 0.15) is 29.3 Å². The van der Waals surface area contributed by atoms with Gasteiger partial charge in [-0.05, 0) is 42.8 Å². The van der Waals surface area contributed by atoms with E-state index < -0.39 is 0 Å². The van der Waals surface area contributed by atoms with Crippen molar-refractivity contribution in [1.29, 1.82) is 0 Å². The Morgan fingerprint density at radius 2 is 1.80 bits per heavy atom. The van der Waals surface area contributed by atoms with Crippen molar-refractivity contribution in [1.82, 2.24) is 4.98 Å². The fourth-order valence-corrected chi connectivity index (χ4v) is 2.99. The lowest BCUT2D eigenvalue weighted by molar-refractivity contribution is -0.116. The molecule has 0 radical (unpaired) electrons. The number of hydrogen-bond acceptors (Lipinski definition) is 2. The van der Waals surface area contributed by atoms with Crippen LogP contribution in [-0.2, 0) is 4.79 Å². The quantitative estimate of drug-likeness (QED) is 0.686. The summed E-state index contributed by atoms with van der Waals surface area (Å²) < 4.78 is 0. The zero-order chi connectivity index (χ0) is 17.6. The first kappa shape index (κ1) is 17.2. The third-order valence-electron chi connectivity index (χ3n) is 3.97. The second kappa shape index (κ2) is 7.95. The van der Waals surface area contributed by atoms with Crippen LogP contribution in [0.25, 0.3) is 0 Å². The number of rotatable bonds is 5. The monoisotopic (exact) mass is 350 g/mol.